The van der Waals surface area contributed by atoms with Gasteiger partial charge in [-0.3, -0.25) is 0 Å². The Morgan fingerprint density at radius 3 is 2.29 bits per heavy atom. The van der Waals surface area contributed by atoms with Crippen molar-refractivity contribution in [1.29, 1.82) is 0 Å². The molecule has 0 aromatic heterocycles. The molecule has 2 rings (SSSR count). The first kappa shape index (κ1) is 17.3. The highest BCUT2D eigenvalue weighted by Gasteiger charge is 2.19. The molecule has 1 N–H and O–H groups in total. The lowest BCUT2D eigenvalue weighted by atomic mass is 10.2. The van der Waals surface area contributed by atoms with Gasteiger partial charge in [-0.25, -0.2) is 9.59 Å². The maximum Gasteiger partial charge on any atom is 0.408 e. The van der Waals surface area contributed by atoms with E-state index in [2.05, 4.69) is 5.32 Å². The number of hydrogen-bond donors (Lipinski definition) is 1. The highest BCUT2D eigenvalue weighted by Crippen LogP contribution is 2.04. The number of hydrogen-bond acceptors (Lipinski definition) is 4. The fraction of sp³-hybridized carbons (Fsp3) is 0.158. The lowest BCUT2D eigenvalue weighted by Gasteiger charge is -2.13. The van der Waals surface area contributed by atoms with Crippen molar-refractivity contribution in [2.45, 2.75) is 12.6 Å². The molecule has 1 amide bonds. The molecule has 124 valence electrons. The summed E-state index contributed by atoms with van der Waals surface area (Å²) in [5.74, 6) is -0.571. The Kier molecular flexibility index (Phi) is 6.58. The molecule has 0 bridgehead atoms. The van der Waals surface area contributed by atoms with Crippen molar-refractivity contribution in [1.82, 2.24) is 5.32 Å². The van der Waals surface area contributed by atoms with Crippen molar-refractivity contribution in [3.05, 3.63) is 77.9 Å². The number of nitrogens with one attached hydrogen (secondary N) is 1. The van der Waals surface area contributed by atoms with Gasteiger partial charge in [0.05, 0.1) is 7.11 Å². The molecule has 0 fully saturated rings. The molecule has 0 spiro atoms. The maximum atomic E-state index is 11.9. The fourth-order valence-corrected chi connectivity index (χ4v) is 1.98. The monoisotopic (exact) mass is 325 g/mol. The van der Waals surface area contributed by atoms with Crippen LogP contribution in [0.5, 0.6) is 0 Å². The van der Waals surface area contributed by atoms with Crippen molar-refractivity contribution in [2.24, 2.45) is 0 Å². The van der Waals surface area contributed by atoms with Crippen LogP contribution in [0.3, 0.4) is 0 Å². The number of amides is 1. The maximum absolute atomic E-state index is 11.9. The number of ether oxygens (including phenoxy) is 2. The summed E-state index contributed by atoms with van der Waals surface area (Å²) in [4.78, 5) is 23.7. The van der Waals surface area contributed by atoms with Crippen molar-refractivity contribution < 1.29 is 19.1 Å². The summed E-state index contributed by atoms with van der Waals surface area (Å²) in [6.07, 6.45) is 2.61. The second-order valence-electron chi connectivity index (χ2n) is 4.98. The number of carbonyl (C=O) groups is 2. The topological polar surface area (TPSA) is 64.6 Å². The molecule has 24 heavy (non-hydrogen) atoms. The van der Waals surface area contributed by atoms with Crippen LogP contribution in [0.25, 0.3) is 6.08 Å². The van der Waals surface area contributed by atoms with E-state index >= 15 is 0 Å². The third kappa shape index (κ3) is 5.61. The summed E-state index contributed by atoms with van der Waals surface area (Å²) in [6, 6.07) is 17.8. The van der Waals surface area contributed by atoms with E-state index in [0.29, 0.717) is 0 Å². The minimum atomic E-state index is -0.918. The van der Waals surface area contributed by atoms with Gasteiger partial charge in [0, 0.05) is 0 Å². The number of carbonyl (C=O) groups excluding carboxylic acids is 2. The van der Waals surface area contributed by atoms with Crippen LogP contribution in [0.1, 0.15) is 11.1 Å². The Hall–Kier alpha value is -3.08. The average Bonchev–Trinajstić information content (AvgIpc) is 2.64. The lowest BCUT2D eigenvalue weighted by molar-refractivity contribution is -0.141. The minimum Gasteiger partial charge on any atom is -0.467 e. The van der Waals surface area contributed by atoms with Gasteiger partial charge in [0.2, 0.25) is 0 Å². The van der Waals surface area contributed by atoms with Crippen LogP contribution in [0.4, 0.5) is 4.79 Å². The molecule has 2 aromatic carbocycles. The van der Waals surface area contributed by atoms with Crippen LogP contribution >= 0.6 is 0 Å². The van der Waals surface area contributed by atoms with E-state index in [4.69, 9.17) is 9.47 Å². The van der Waals surface area contributed by atoms with Crippen LogP contribution < -0.4 is 5.32 Å². The van der Waals surface area contributed by atoms with Crippen LogP contribution in [0.2, 0.25) is 0 Å². The third-order valence-corrected chi connectivity index (χ3v) is 3.22. The molecule has 0 unspecified atom stereocenters. The molecular formula is C19H19NO4. The van der Waals surface area contributed by atoms with E-state index in [-0.39, 0.29) is 6.61 Å². The summed E-state index contributed by atoms with van der Waals surface area (Å²) >= 11 is 0. The second-order valence-corrected chi connectivity index (χ2v) is 4.98. The average molecular weight is 325 g/mol. The van der Waals surface area contributed by atoms with Crippen LogP contribution in [0.15, 0.2) is 66.7 Å². The Labute approximate surface area is 140 Å². The first-order valence-electron chi connectivity index (χ1n) is 7.47. The number of esters is 1. The Bertz CT molecular complexity index is 683. The van der Waals surface area contributed by atoms with Gasteiger partial charge >= 0.3 is 12.1 Å². The molecule has 0 aliphatic heterocycles. The highest BCUT2D eigenvalue weighted by atomic mass is 16.6. The van der Waals surface area contributed by atoms with E-state index in [1.165, 1.54) is 7.11 Å². The predicted molar refractivity (Wildman–Crippen MR) is 91.0 cm³/mol. The van der Waals surface area contributed by atoms with Crippen LogP contribution in [-0.2, 0) is 20.9 Å². The normalized spacial score (nSPS) is 11.7. The van der Waals surface area contributed by atoms with E-state index in [0.717, 1.165) is 11.1 Å². The van der Waals surface area contributed by atoms with E-state index < -0.39 is 18.1 Å². The van der Waals surface area contributed by atoms with Crippen molar-refractivity contribution in [3.8, 4) is 0 Å². The van der Waals surface area contributed by atoms with E-state index in [9.17, 15) is 9.59 Å². The molecule has 0 saturated carbocycles. The molecule has 2 aromatic rings. The number of methoxy groups -OCH3 is 1. The smallest absolute Gasteiger partial charge is 0.408 e. The number of alkyl carbamates (subject to hydrolysis) is 1. The molecule has 0 radical (unpaired) electrons. The summed E-state index contributed by atoms with van der Waals surface area (Å²) in [6.45, 7) is 0.128. The first-order chi connectivity index (χ1) is 11.7. The summed E-state index contributed by atoms with van der Waals surface area (Å²) in [5, 5.41) is 2.49. The first-order valence-corrected chi connectivity index (χ1v) is 7.47. The summed E-state index contributed by atoms with van der Waals surface area (Å²) in [5.41, 5.74) is 1.77. The van der Waals surface area contributed by atoms with Gasteiger partial charge in [-0.15, -0.1) is 0 Å². The second kappa shape index (κ2) is 9.15. The van der Waals surface area contributed by atoms with Gasteiger partial charge in [0.1, 0.15) is 12.6 Å². The zero-order chi connectivity index (χ0) is 17.2. The van der Waals surface area contributed by atoms with Gasteiger partial charge < -0.3 is 14.8 Å². The lowest BCUT2D eigenvalue weighted by Crippen LogP contribution is -2.40. The Morgan fingerprint density at radius 1 is 1.04 bits per heavy atom. The van der Waals surface area contributed by atoms with Gasteiger partial charge in [-0.05, 0) is 11.1 Å². The SMILES string of the molecule is COC(=O)[C@H](/C=C/c1ccccc1)NC(=O)OCc1ccccc1. The molecule has 0 aliphatic rings. The van der Waals surface area contributed by atoms with Crippen molar-refractivity contribution >= 4 is 18.1 Å². The minimum absolute atomic E-state index is 0.128. The number of rotatable bonds is 6. The Morgan fingerprint density at radius 2 is 1.67 bits per heavy atom. The molecular weight excluding hydrogens is 306 g/mol. The molecule has 1 atom stereocenters. The van der Waals surface area contributed by atoms with Gasteiger partial charge in [-0.2, -0.15) is 0 Å². The van der Waals surface area contributed by atoms with Gasteiger partial charge in [-0.1, -0.05) is 72.8 Å². The summed E-state index contributed by atoms with van der Waals surface area (Å²) in [7, 11) is 1.27. The summed E-state index contributed by atoms with van der Waals surface area (Å²) < 4.78 is 9.82. The molecule has 5 nitrogen and oxygen atoms in total. The quantitative estimate of drug-likeness (QED) is 0.829. The predicted octanol–water partition coefficient (Wildman–Crippen LogP) is 3.17. The van der Waals surface area contributed by atoms with Gasteiger partial charge in [0.25, 0.3) is 0 Å². The largest absolute Gasteiger partial charge is 0.467 e. The third-order valence-electron chi connectivity index (χ3n) is 3.22. The molecule has 0 aliphatic carbocycles. The van der Waals surface area contributed by atoms with Gasteiger partial charge in [0.15, 0.2) is 0 Å². The van der Waals surface area contributed by atoms with Crippen LogP contribution in [-0.4, -0.2) is 25.2 Å². The van der Waals surface area contributed by atoms with Crippen molar-refractivity contribution in [3.63, 3.8) is 0 Å². The zero-order valence-corrected chi connectivity index (χ0v) is 13.3. The van der Waals surface area contributed by atoms with E-state index in [1.807, 2.05) is 60.7 Å². The van der Waals surface area contributed by atoms with Crippen molar-refractivity contribution in [2.75, 3.05) is 7.11 Å². The standard InChI is InChI=1S/C19H19NO4/c1-23-18(21)17(13-12-15-8-4-2-5-9-15)20-19(22)24-14-16-10-6-3-7-11-16/h2-13,17H,14H2,1H3,(H,20,22)/b13-12+/t17-/m0/s1. The van der Waals surface area contributed by atoms with Crippen LogP contribution in [0, 0.1) is 0 Å². The molecule has 5 heteroatoms. The Balaban J connectivity index is 1.94. The zero-order valence-electron chi connectivity index (χ0n) is 13.3. The molecule has 0 heterocycles. The molecule has 0 saturated heterocycles. The number of benzene rings is 2. The highest BCUT2D eigenvalue weighted by molar-refractivity contribution is 5.84. The fourth-order valence-electron chi connectivity index (χ4n) is 1.98. The van der Waals surface area contributed by atoms with E-state index in [1.54, 1.807) is 12.2 Å².